The number of benzene rings is 2. The monoisotopic (exact) mass is 616 g/mol. The van der Waals surface area contributed by atoms with Gasteiger partial charge in [-0.3, -0.25) is 19.0 Å². The second-order valence-corrected chi connectivity index (χ2v) is 11.5. The number of anilines is 1. The summed E-state index contributed by atoms with van der Waals surface area (Å²) in [6.45, 7) is 4.23. The maximum atomic E-state index is 15.2. The number of nitrogens with zero attached hydrogens (tertiary/aromatic N) is 5. The molecular weight excluding hydrogens is 586 g/mol. The summed E-state index contributed by atoms with van der Waals surface area (Å²) in [5, 5.41) is 2.50. The standard InChI is InChI=1S/C32H30F2N6O5/c1-18(2)39-15-24(31(43)40(32(39)44)22-8-5-20(33)6-9-22)29(42)37-21-7-10-27(25(34)14-21)45-30-23-11-12-38(16-26(23)35-17-36-30)28(41)13-19-3-4-19/h5-10,14-15,17-19H,3-4,11-13,16H2,1-2H3,(H,37,42). The van der Waals surface area contributed by atoms with Crippen molar-refractivity contribution in [3.05, 3.63) is 104 Å². The molecule has 1 aliphatic carbocycles. The molecule has 2 aliphatic rings. The van der Waals surface area contributed by atoms with E-state index in [0.29, 0.717) is 43.1 Å². The largest absolute Gasteiger partial charge is 0.436 e. The Morgan fingerprint density at radius 2 is 1.82 bits per heavy atom. The fourth-order valence-electron chi connectivity index (χ4n) is 5.20. The lowest BCUT2D eigenvalue weighted by molar-refractivity contribution is -0.132. The van der Waals surface area contributed by atoms with Gasteiger partial charge < -0.3 is 15.0 Å². The summed E-state index contributed by atoms with van der Waals surface area (Å²) in [5.41, 5.74) is -0.512. The number of ether oxygens (including phenoxy) is 1. The molecule has 13 heteroatoms. The van der Waals surface area contributed by atoms with Gasteiger partial charge >= 0.3 is 5.69 Å². The molecule has 0 atom stereocenters. The van der Waals surface area contributed by atoms with Crippen molar-refractivity contribution in [2.45, 2.75) is 52.1 Å². The van der Waals surface area contributed by atoms with Gasteiger partial charge in [-0.2, -0.15) is 0 Å². The topological polar surface area (TPSA) is 128 Å². The van der Waals surface area contributed by atoms with Crippen molar-refractivity contribution in [2.24, 2.45) is 5.92 Å². The van der Waals surface area contributed by atoms with E-state index in [-0.39, 0.29) is 34.5 Å². The molecule has 4 aromatic rings. The van der Waals surface area contributed by atoms with Crippen LogP contribution in [0.2, 0.25) is 0 Å². The second kappa shape index (κ2) is 12.1. The lowest BCUT2D eigenvalue weighted by atomic mass is 10.1. The SMILES string of the molecule is CC(C)n1cc(C(=O)Nc2ccc(Oc3ncnc4c3CCN(C(=O)CC3CC3)C4)c(F)c2)c(=O)n(-c2ccc(F)cc2)c1=O. The van der Waals surface area contributed by atoms with Crippen LogP contribution < -0.4 is 21.3 Å². The molecule has 0 spiro atoms. The predicted molar refractivity (Wildman–Crippen MR) is 160 cm³/mol. The van der Waals surface area contributed by atoms with E-state index in [9.17, 15) is 23.6 Å². The maximum Gasteiger partial charge on any atom is 0.335 e. The smallest absolute Gasteiger partial charge is 0.335 e. The van der Waals surface area contributed by atoms with Gasteiger partial charge in [0.2, 0.25) is 11.8 Å². The zero-order valence-corrected chi connectivity index (χ0v) is 24.6. The minimum atomic E-state index is -0.914. The Balaban J connectivity index is 1.21. The molecule has 6 rings (SSSR count). The van der Waals surface area contributed by atoms with Gasteiger partial charge in [0.1, 0.15) is 17.7 Å². The molecule has 2 amide bonds. The van der Waals surface area contributed by atoms with Crippen molar-refractivity contribution < 1.29 is 23.1 Å². The molecule has 0 radical (unpaired) electrons. The number of rotatable bonds is 8. The molecule has 0 saturated heterocycles. The fourth-order valence-corrected chi connectivity index (χ4v) is 5.20. The van der Waals surface area contributed by atoms with E-state index in [4.69, 9.17) is 4.74 Å². The summed E-state index contributed by atoms with van der Waals surface area (Å²) >= 11 is 0. The lowest BCUT2D eigenvalue weighted by Crippen LogP contribution is -2.42. The number of nitrogens with one attached hydrogen (secondary N) is 1. The Morgan fingerprint density at radius 3 is 2.51 bits per heavy atom. The Labute approximate surface area is 256 Å². The number of hydrogen-bond donors (Lipinski definition) is 1. The van der Waals surface area contributed by atoms with Crippen LogP contribution in [0.25, 0.3) is 5.69 Å². The van der Waals surface area contributed by atoms with E-state index in [1.165, 1.54) is 35.2 Å². The van der Waals surface area contributed by atoms with Crippen molar-refractivity contribution in [3.8, 4) is 17.3 Å². The van der Waals surface area contributed by atoms with E-state index in [2.05, 4.69) is 15.3 Å². The molecular formula is C32H30F2N6O5. The highest BCUT2D eigenvalue weighted by Gasteiger charge is 2.30. The van der Waals surface area contributed by atoms with Crippen LogP contribution in [0.5, 0.6) is 11.6 Å². The Kier molecular flexibility index (Phi) is 8.00. The predicted octanol–water partition coefficient (Wildman–Crippen LogP) is 4.38. The first-order chi connectivity index (χ1) is 21.6. The number of carbonyl (C=O) groups excluding carboxylic acids is 2. The molecule has 232 valence electrons. The number of amides is 2. The van der Waals surface area contributed by atoms with Crippen molar-refractivity contribution >= 4 is 17.5 Å². The van der Waals surface area contributed by atoms with Gasteiger partial charge in [0.05, 0.1) is 17.9 Å². The Hall–Kier alpha value is -5.20. The van der Waals surface area contributed by atoms with Gasteiger partial charge in [0.25, 0.3) is 11.5 Å². The van der Waals surface area contributed by atoms with E-state index in [1.807, 2.05) is 0 Å². The number of halogens is 2. The van der Waals surface area contributed by atoms with Crippen LogP contribution in [-0.4, -0.2) is 42.4 Å². The number of hydrogen-bond acceptors (Lipinski definition) is 7. The molecule has 2 aromatic heterocycles. The molecule has 2 aromatic carbocycles. The van der Waals surface area contributed by atoms with E-state index in [0.717, 1.165) is 41.8 Å². The first kappa shape index (κ1) is 29.9. The van der Waals surface area contributed by atoms with Gasteiger partial charge in [-0.05, 0) is 75.4 Å². The molecule has 1 aliphatic heterocycles. The third-order valence-corrected chi connectivity index (χ3v) is 7.88. The molecule has 1 saturated carbocycles. The molecule has 1 fully saturated rings. The lowest BCUT2D eigenvalue weighted by Gasteiger charge is -2.28. The molecule has 45 heavy (non-hydrogen) atoms. The third kappa shape index (κ3) is 6.24. The average Bonchev–Trinajstić information content (AvgIpc) is 3.83. The molecule has 3 heterocycles. The Morgan fingerprint density at radius 1 is 1.07 bits per heavy atom. The molecule has 0 bridgehead atoms. The third-order valence-electron chi connectivity index (χ3n) is 7.88. The zero-order valence-electron chi connectivity index (χ0n) is 24.6. The van der Waals surface area contributed by atoms with Gasteiger partial charge in [-0.1, -0.05) is 0 Å². The van der Waals surface area contributed by atoms with Crippen molar-refractivity contribution in [1.82, 2.24) is 24.0 Å². The number of carbonyl (C=O) groups is 2. The van der Waals surface area contributed by atoms with Gasteiger partial charge in [0, 0.05) is 42.5 Å². The molecule has 11 nitrogen and oxygen atoms in total. The Bertz CT molecular complexity index is 1920. The highest BCUT2D eigenvalue weighted by atomic mass is 19.1. The summed E-state index contributed by atoms with van der Waals surface area (Å²) in [5.74, 6) is -1.60. The van der Waals surface area contributed by atoms with E-state index >= 15 is 4.39 Å². The van der Waals surface area contributed by atoms with Crippen LogP contribution in [-0.2, 0) is 17.8 Å². The summed E-state index contributed by atoms with van der Waals surface area (Å²) in [6, 6.07) is 8.07. The summed E-state index contributed by atoms with van der Waals surface area (Å²) in [6.07, 6.45) is 5.65. The number of aromatic nitrogens is 4. The minimum Gasteiger partial charge on any atom is -0.436 e. The van der Waals surface area contributed by atoms with E-state index in [1.54, 1.807) is 18.7 Å². The quantitative estimate of drug-likeness (QED) is 0.311. The van der Waals surface area contributed by atoms with Crippen LogP contribution in [0.15, 0.2) is 64.6 Å². The highest BCUT2D eigenvalue weighted by molar-refractivity contribution is 6.03. The van der Waals surface area contributed by atoms with Gasteiger partial charge in [0.15, 0.2) is 11.6 Å². The zero-order chi connectivity index (χ0) is 31.8. The molecule has 0 unspecified atom stereocenters. The molecule has 1 N–H and O–H groups in total. The summed E-state index contributed by atoms with van der Waals surface area (Å²) < 4.78 is 36.5. The van der Waals surface area contributed by atoms with Crippen molar-refractivity contribution in [2.75, 3.05) is 11.9 Å². The van der Waals surface area contributed by atoms with Crippen molar-refractivity contribution in [1.29, 1.82) is 0 Å². The second-order valence-electron chi connectivity index (χ2n) is 11.5. The summed E-state index contributed by atoms with van der Waals surface area (Å²) in [4.78, 5) is 62.5. The van der Waals surface area contributed by atoms with Crippen molar-refractivity contribution in [3.63, 3.8) is 0 Å². The summed E-state index contributed by atoms with van der Waals surface area (Å²) in [7, 11) is 0. The van der Waals surface area contributed by atoms with Gasteiger partial charge in [-0.15, -0.1) is 0 Å². The fraction of sp³-hybridized carbons (Fsp3) is 0.312. The van der Waals surface area contributed by atoms with Crippen LogP contribution in [0.1, 0.15) is 60.8 Å². The highest BCUT2D eigenvalue weighted by Crippen LogP contribution is 2.35. The number of fused-ring (bicyclic) bond motifs is 1. The maximum absolute atomic E-state index is 15.2. The van der Waals surface area contributed by atoms with Crippen LogP contribution >= 0.6 is 0 Å². The minimum absolute atomic E-state index is 0.0365. The van der Waals surface area contributed by atoms with Gasteiger partial charge in [-0.25, -0.2) is 28.1 Å². The van der Waals surface area contributed by atoms with Crippen LogP contribution in [0.4, 0.5) is 14.5 Å². The van der Waals surface area contributed by atoms with Crippen LogP contribution in [0, 0.1) is 17.6 Å². The average molecular weight is 617 g/mol. The van der Waals surface area contributed by atoms with E-state index < -0.39 is 34.8 Å². The first-order valence-electron chi connectivity index (χ1n) is 14.6. The normalized spacial score (nSPS) is 14.3. The first-order valence-corrected chi connectivity index (χ1v) is 14.6. The van der Waals surface area contributed by atoms with Crippen LogP contribution in [0.3, 0.4) is 0 Å².